The van der Waals surface area contributed by atoms with Gasteiger partial charge in [-0.3, -0.25) is 4.79 Å². The number of nitrogens with one attached hydrogen (secondary N) is 2. The predicted octanol–water partition coefficient (Wildman–Crippen LogP) is 1.70. The SMILES string of the molecule is CC(NC(=O)CCC1CCCNC1)C1CCOCC1. The first-order chi connectivity index (χ1) is 9.25. The van der Waals surface area contributed by atoms with Crippen LogP contribution in [0.25, 0.3) is 0 Å². The summed E-state index contributed by atoms with van der Waals surface area (Å²) < 4.78 is 5.36. The van der Waals surface area contributed by atoms with Crippen LogP contribution in [-0.2, 0) is 9.53 Å². The van der Waals surface area contributed by atoms with Crippen LogP contribution < -0.4 is 10.6 Å². The van der Waals surface area contributed by atoms with Crippen LogP contribution in [0.4, 0.5) is 0 Å². The largest absolute Gasteiger partial charge is 0.381 e. The normalized spacial score (nSPS) is 26.9. The molecule has 2 rings (SSSR count). The van der Waals surface area contributed by atoms with E-state index in [4.69, 9.17) is 4.74 Å². The van der Waals surface area contributed by atoms with Gasteiger partial charge in [0.15, 0.2) is 0 Å². The van der Waals surface area contributed by atoms with Gasteiger partial charge in [0.1, 0.15) is 0 Å². The lowest BCUT2D eigenvalue weighted by atomic mass is 9.92. The van der Waals surface area contributed by atoms with Crippen LogP contribution in [0.5, 0.6) is 0 Å². The third-order valence-electron chi connectivity index (χ3n) is 4.54. The number of rotatable bonds is 5. The third-order valence-corrected chi connectivity index (χ3v) is 4.54. The molecular formula is C15H28N2O2. The van der Waals surface area contributed by atoms with E-state index in [1.54, 1.807) is 0 Å². The summed E-state index contributed by atoms with van der Waals surface area (Å²) in [7, 11) is 0. The Morgan fingerprint density at radius 1 is 1.37 bits per heavy atom. The van der Waals surface area contributed by atoms with Gasteiger partial charge in [0.25, 0.3) is 0 Å². The van der Waals surface area contributed by atoms with Crippen molar-refractivity contribution in [3.8, 4) is 0 Å². The van der Waals surface area contributed by atoms with E-state index in [1.165, 1.54) is 12.8 Å². The Bertz CT molecular complexity index is 271. The lowest BCUT2D eigenvalue weighted by molar-refractivity contribution is -0.122. The van der Waals surface area contributed by atoms with E-state index in [0.29, 0.717) is 24.3 Å². The summed E-state index contributed by atoms with van der Waals surface area (Å²) in [6.45, 7) is 6.06. The minimum absolute atomic E-state index is 0.226. The van der Waals surface area contributed by atoms with Crippen molar-refractivity contribution in [2.24, 2.45) is 11.8 Å². The van der Waals surface area contributed by atoms with Crippen molar-refractivity contribution in [2.75, 3.05) is 26.3 Å². The van der Waals surface area contributed by atoms with Crippen molar-refractivity contribution in [3.63, 3.8) is 0 Å². The average Bonchev–Trinajstić information content (AvgIpc) is 2.47. The summed E-state index contributed by atoms with van der Waals surface area (Å²) in [5.41, 5.74) is 0. The second kappa shape index (κ2) is 7.85. The van der Waals surface area contributed by atoms with Crippen LogP contribution in [0.2, 0.25) is 0 Å². The molecule has 0 aromatic rings. The highest BCUT2D eigenvalue weighted by Gasteiger charge is 2.22. The summed E-state index contributed by atoms with van der Waals surface area (Å²) >= 11 is 0. The molecule has 0 spiro atoms. The highest BCUT2D eigenvalue weighted by Crippen LogP contribution is 2.19. The minimum atomic E-state index is 0.226. The Hall–Kier alpha value is -0.610. The third kappa shape index (κ3) is 5.11. The molecule has 2 atom stereocenters. The van der Waals surface area contributed by atoms with E-state index in [0.717, 1.165) is 45.6 Å². The number of carbonyl (C=O) groups is 1. The first-order valence-corrected chi connectivity index (χ1v) is 7.83. The fourth-order valence-corrected chi connectivity index (χ4v) is 3.17. The van der Waals surface area contributed by atoms with Gasteiger partial charge in [0.2, 0.25) is 5.91 Å². The molecule has 4 nitrogen and oxygen atoms in total. The fraction of sp³-hybridized carbons (Fsp3) is 0.933. The van der Waals surface area contributed by atoms with Crippen molar-refractivity contribution in [2.45, 2.75) is 51.5 Å². The molecule has 110 valence electrons. The van der Waals surface area contributed by atoms with Crippen molar-refractivity contribution in [3.05, 3.63) is 0 Å². The van der Waals surface area contributed by atoms with Crippen LogP contribution in [-0.4, -0.2) is 38.3 Å². The summed E-state index contributed by atoms with van der Waals surface area (Å²) in [4.78, 5) is 12.0. The average molecular weight is 268 g/mol. The van der Waals surface area contributed by atoms with Crippen LogP contribution in [0.1, 0.15) is 45.4 Å². The Kier molecular flexibility index (Phi) is 6.11. The van der Waals surface area contributed by atoms with Gasteiger partial charge in [0, 0.05) is 25.7 Å². The van der Waals surface area contributed by atoms with E-state index < -0.39 is 0 Å². The molecule has 4 heteroatoms. The smallest absolute Gasteiger partial charge is 0.220 e. The number of carbonyl (C=O) groups excluding carboxylic acids is 1. The van der Waals surface area contributed by atoms with Crippen LogP contribution >= 0.6 is 0 Å². The van der Waals surface area contributed by atoms with Gasteiger partial charge < -0.3 is 15.4 Å². The van der Waals surface area contributed by atoms with E-state index in [2.05, 4.69) is 17.6 Å². The van der Waals surface area contributed by atoms with Crippen LogP contribution in [0.15, 0.2) is 0 Å². The van der Waals surface area contributed by atoms with Crippen molar-refractivity contribution in [1.82, 2.24) is 10.6 Å². The van der Waals surface area contributed by atoms with Crippen LogP contribution in [0.3, 0.4) is 0 Å². The molecule has 2 heterocycles. The molecule has 0 aliphatic carbocycles. The van der Waals surface area contributed by atoms with Crippen molar-refractivity contribution >= 4 is 5.91 Å². The standard InChI is InChI=1S/C15H28N2O2/c1-12(14-6-9-19-10-7-14)17-15(18)5-4-13-3-2-8-16-11-13/h12-14,16H,2-11H2,1H3,(H,17,18). The highest BCUT2D eigenvalue weighted by molar-refractivity contribution is 5.76. The van der Waals surface area contributed by atoms with Crippen LogP contribution in [0, 0.1) is 11.8 Å². The number of hydrogen-bond donors (Lipinski definition) is 2. The molecule has 2 aliphatic rings. The van der Waals surface area contributed by atoms with Gasteiger partial charge in [-0.05, 0) is 64.0 Å². The number of piperidine rings is 1. The second-order valence-corrected chi connectivity index (χ2v) is 6.06. The monoisotopic (exact) mass is 268 g/mol. The minimum Gasteiger partial charge on any atom is -0.381 e. The quantitative estimate of drug-likeness (QED) is 0.798. The molecule has 1 amide bonds. The fourth-order valence-electron chi connectivity index (χ4n) is 3.17. The van der Waals surface area contributed by atoms with Gasteiger partial charge >= 0.3 is 0 Å². The zero-order valence-electron chi connectivity index (χ0n) is 12.1. The molecule has 2 fully saturated rings. The molecule has 2 saturated heterocycles. The van der Waals surface area contributed by atoms with Gasteiger partial charge in [-0.15, -0.1) is 0 Å². The van der Waals surface area contributed by atoms with Crippen molar-refractivity contribution < 1.29 is 9.53 Å². The van der Waals surface area contributed by atoms with E-state index in [9.17, 15) is 4.79 Å². The highest BCUT2D eigenvalue weighted by atomic mass is 16.5. The van der Waals surface area contributed by atoms with Crippen molar-refractivity contribution in [1.29, 1.82) is 0 Å². The maximum Gasteiger partial charge on any atom is 0.220 e. The van der Waals surface area contributed by atoms with Gasteiger partial charge in [0.05, 0.1) is 0 Å². The molecular weight excluding hydrogens is 240 g/mol. The van der Waals surface area contributed by atoms with E-state index in [-0.39, 0.29) is 5.91 Å². The number of hydrogen-bond acceptors (Lipinski definition) is 3. The Morgan fingerprint density at radius 3 is 2.84 bits per heavy atom. The molecule has 0 saturated carbocycles. The molecule has 0 radical (unpaired) electrons. The van der Waals surface area contributed by atoms with Gasteiger partial charge in [-0.2, -0.15) is 0 Å². The zero-order valence-corrected chi connectivity index (χ0v) is 12.1. The van der Waals surface area contributed by atoms with Gasteiger partial charge in [-0.1, -0.05) is 0 Å². The molecule has 2 N–H and O–H groups in total. The summed E-state index contributed by atoms with van der Waals surface area (Å²) in [6, 6.07) is 0.292. The first kappa shape index (κ1) is 14.8. The summed E-state index contributed by atoms with van der Waals surface area (Å²) in [6.07, 6.45) is 6.39. The zero-order chi connectivity index (χ0) is 13.5. The first-order valence-electron chi connectivity index (χ1n) is 7.83. The molecule has 19 heavy (non-hydrogen) atoms. The lowest BCUT2D eigenvalue weighted by Gasteiger charge is -2.28. The topological polar surface area (TPSA) is 50.4 Å². The summed E-state index contributed by atoms with van der Waals surface area (Å²) in [5, 5.41) is 6.58. The Labute approximate surface area is 116 Å². The molecule has 2 aliphatic heterocycles. The molecule has 0 bridgehead atoms. The molecule has 2 unspecified atom stereocenters. The molecule has 0 aromatic heterocycles. The van der Waals surface area contributed by atoms with Gasteiger partial charge in [-0.25, -0.2) is 0 Å². The Balaban J connectivity index is 1.62. The second-order valence-electron chi connectivity index (χ2n) is 6.06. The summed E-state index contributed by atoms with van der Waals surface area (Å²) in [5.74, 6) is 1.51. The number of ether oxygens (including phenoxy) is 1. The maximum absolute atomic E-state index is 12.0. The predicted molar refractivity (Wildman–Crippen MR) is 76.0 cm³/mol. The number of amides is 1. The Morgan fingerprint density at radius 2 is 2.16 bits per heavy atom. The maximum atomic E-state index is 12.0. The molecule has 0 aromatic carbocycles. The lowest BCUT2D eigenvalue weighted by Crippen LogP contribution is -2.40. The van der Waals surface area contributed by atoms with E-state index in [1.807, 2.05) is 0 Å². The van der Waals surface area contributed by atoms with E-state index >= 15 is 0 Å².